The monoisotopic (exact) mass is 186 g/mol. The maximum absolute atomic E-state index is 11.0. The van der Waals surface area contributed by atoms with Crippen molar-refractivity contribution in [2.75, 3.05) is 7.11 Å². The maximum atomic E-state index is 11.0. The van der Waals surface area contributed by atoms with Crippen molar-refractivity contribution < 1.29 is 19.1 Å². The fourth-order valence-electron chi connectivity index (χ4n) is 0.977. The summed E-state index contributed by atoms with van der Waals surface area (Å²) in [6.45, 7) is 2.75. The van der Waals surface area contributed by atoms with Crippen LogP contribution in [-0.4, -0.2) is 24.6 Å². The van der Waals surface area contributed by atoms with E-state index in [2.05, 4.69) is 4.74 Å². The van der Waals surface area contributed by atoms with Crippen molar-refractivity contribution in [3.8, 4) is 0 Å². The molecule has 1 unspecified atom stereocenters. The number of hydrogen-bond acceptors (Lipinski definition) is 4. The lowest BCUT2D eigenvalue weighted by Crippen LogP contribution is -2.23. The number of ether oxygens (including phenoxy) is 1. The molecule has 0 aromatic carbocycles. The number of rotatable bonds is 5. The lowest BCUT2D eigenvalue weighted by molar-refractivity contribution is -0.149. The van der Waals surface area contributed by atoms with Crippen LogP contribution in [0, 0.1) is 5.92 Å². The molecule has 0 spiro atoms. The summed E-state index contributed by atoms with van der Waals surface area (Å²) in [6, 6.07) is 0. The summed E-state index contributed by atoms with van der Waals surface area (Å²) in [4.78, 5) is 32.6. The van der Waals surface area contributed by atoms with E-state index in [9.17, 15) is 14.4 Å². The summed E-state index contributed by atoms with van der Waals surface area (Å²) in [5, 5.41) is 0. The maximum Gasteiger partial charge on any atom is 0.316 e. The van der Waals surface area contributed by atoms with E-state index in [1.807, 2.05) is 0 Å². The Labute approximate surface area is 77.3 Å². The highest BCUT2D eigenvalue weighted by molar-refractivity contribution is 5.98. The highest BCUT2D eigenvalue weighted by Crippen LogP contribution is 2.10. The first kappa shape index (κ1) is 11.8. The van der Waals surface area contributed by atoms with Gasteiger partial charge in [0, 0.05) is 6.42 Å². The molecule has 1 atom stereocenters. The number of hydrogen-bond donors (Lipinski definition) is 0. The van der Waals surface area contributed by atoms with Crippen molar-refractivity contribution >= 4 is 17.5 Å². The first-order valence-electron chi connectivity index (χ1n) is 4.06. The molecule has 0 aromatic rings. The molecule has 0 fully saturated rings. The van der Waals surface area contributed by atoms with E-state index in [0.717, 1.165) is 0 Å². The van der Waals surface area contributed by atoms with E-state index >= 15 is 0 Å². The minimum Gasteiger partial charge on any atom is -0.468 e. The average Bonchev–Trinajstić information content (AvgIpc) is 2.03. The second kappa shape index (κ2) is 5.45. The van der Waals surface area contributed by atoms with Crippen molar-refractivity contribution in [3.63, 3.8) is 0 Å². The molecular formula is C9H14O4. The van der Waals surface area contributed by atoms with E-state index < -0.39 is 11.9 Å². The summed E-state index contributed by atoms with van der Waals surface area (Å²) in [5.41, 5.74) is 0. The second-order valence-electron chi connectivity index (χ2n) is 2.93. The molecule has 0 N–H and O–H groups in total. The quantitative estimate of drug-likeness (QED) is 0.469. The van der Waals surface area contributed by atoms with Gasteiger partial charge in [0.15, 0.2) is 0 Å². The summed E-state index contributed by atoms with van der Waals surface area (Å²) < 4.78 is 4.43. The lowest BCUT2D eigenvalue weighted by Gasteiger charge is -2.09. The van der Waals surface area contributed by atoms with Crippen molar-refractivity contribution in [1.29, 1.82) is 0 Å². The van der Waals surface area contributed by atoms with Crippen LogP contribution in [-0.2, 0) is 19.1 Å². The summed E-state index contributed by atoms with van der Waals surface area (Å²) >= 11 is 0. The molecule has 0 amide bonds. The van der Waals surface area contributed by atoms with Gasteiger partial charge in [-0.05, 0) is 20.3 Å². The van der Waals surface area contributed by atoms with Crippen LogP contribution in [0.1, 0.15) is 26.7 Å². The molecule has 0 saturated carbocycles. The van der Waals surface area contributed by atoms with E-state index in [1.165, 1.54) is 21.0 Å². The van der Waals surface area contributed by atoms with E-state index in [-0.39, 0.29) is 24.4 Å². The molecule has 0 aliphatic rings. The normalized spacial score (nSPS) is 11.9. The van der Waals surface area contributed by atoms with E-state index in [1.54, 1.807) is 0 Å². The molecule has 4 heteroatoms. The Morgan fingerprint density at radius 2 is 1.77 bits per heavy atom. The average molecular weight is 186 g/mol. The SMILES string of the molecule is COC(=O)C(CCC(C)=O)C(C)=O. The minimum atomic E-state index is -0.783. The van der Waals surface area contributed by atoms with Crippen molar-refractivity contribution in [2.45, 2.75) is 26.7 Å². The van der Waals surface area contributed by atoms with Crippen LogP contribution in [0.5, 0.6) is 0 Å². The van der Waals surface area contributed by atoms with Gasteiger partial charge in [0.1, 0.15) is 17.5 Å². The summed E-state index contributed by atoms with van der Waals surface area (Å²) in [7, 11) is 1.23. The smallest absolute Gasteiger partial charge is 0.316 e. The molecule has 4 nitrogen and oxygen atoms in total. The van der Waals surface area contributed by atoms with Gasteiger partial charge in [0.2, 0.25) is 0 Å². The Bertz CT molecular complexity index is 220. The Kier molecular flexibility index (Phi) is 4.96. The number of Topliss-reactive ketones (excluding diaryl/α,β-unsaturated/α-hetero) is 2. The molecule has 74 valence electrons. The van der Waals surface area contributed by atoms with Gasteiger partial charge in [-0.3, -0.25) is 9.59 Å². The van der Waals surface area contributed by atoms with Gasteiger partial charge >= 0.3 is 5.97 Å². The van der Waals surface area contributed by atoms with Crippen LogP contribution < -0.4 is 0 Å². The predicted molar refractivity (Wildman–Crippen MR) is 46.1 cm³/mol. The number of methoxy groups -OCH3 is 1. The molecule has 0 heterocycles. The molecular weight excluding hydrogens is 172 g/mol. The van der Waals surface area contributed by atoms with Crippen LogP contribution >= 0.6 is 0 Å². The standard InChI is InChI=1S/C9H14O4/c1-6(10)4-5-8(7(2)11)9(12)13-3/h8H,4-5H2,1-3H3. The third kappa shape index (κ3) is 4.40. The fraction of sp³-hybridized carbons (Fsp3) is 0.667. The first-order valence-corrected chi connectivity index (χ1v) is 4.06. The fourth-order valence-corrected chi connectivity index (χ4v) is 0.977. The van der Waals surface area contributed by atoms with Gasteiger partial charge in [-0.2, -0.15) is 0 Å². The van der Waals surface area contributed by atoms with E-state index in [4.69, 9.17) is 0 Å². The number of esters is 1. The topological polar surface area (TPSA) is 60.4 Å². The predicted octanol–water partition coefficient (Wildman–Crippen LogP) is 0.734. The van der Waals surface area contributed by atoms with Crippen LogP contribution in [0.2, 0.25) is 0 Å². The molecule has 0 bridgehead atoms. The molecule has 0 rings (SSSR count). The zero-order valence-electron chi connectivity index (χ0n) is 8.12. The molecule has 0 radical (unpaired) electrons. The van der Waals surface area contributed by atoms with Crippen molar-refractivity contribution in [1.82, 2.24) is 0 Å². The third-order valence-corrected chi connectivity index (χ3v) is 1.76. The van der Waals surface area contributed by atoms with Gasteiger partial charge < -0.3 is 9.53 Å². The molecule has 0 aliphatic carbocycles. The highest BCUT2D eigenvalue weighted by atomic mass is 16.5. The lowest BCUT2D eigenvalue weighted by atomic mass is 9.98. The van der Waals surface area contributed by atoms with Gasteiger partial charge in [-0.15, -0.1) is 0 Å². The van der Waals surface area contributed by atoms with Crippen LogP contribution in [0.25, 0.3) is 0 Å². The zero-order chi connectivity index (χ0) is 10.4. The van der Waals surface area contributed by atoms with Gasteiger partial charge in [-0.1, -0.05) is 0 Å². The second-order valence-corrected chi connectivity index (χ2v) is 2.93. The van der Waals surface area contributed by atoms with Crippen LogP contribution in [0.4, 0.5) is 0 Å². The van der Waals surface area contributed by atoms with Gasteiger partial charge in [-0.25, -0.2) is 0 Å². The molecule has 0 aliphatic heterocycles. The van der Waals surface area contributed by atoms with Gasteiger partial charge in [0.05, 0.1) is 7.11 Å². The number of carbonyl (C=O) groups is 3. The third-order valence-electron chi connectivity index (χ3n) is 1.76. The Hall–Kier alpha value is -1.19. The zero-order valence-corrected chi connectivity index (χ0v) is 8.12. The van der Waals surface area contributed by atoms with Crippen LogP contribution in [0.3, 0.4) is 0 Å². The Balaban J connectivity index is 4.18. The summed E-state index contributed by atoms with van der Waals surface area (Å²) in [6.07, 6.45) is 0.483. The van der Waals surface area contributed by atoms with Crippen LogP contribution in [0.15, 0.2) is 0 Å². The largest absolute Gasteiger partial charge is 0.468 e. The first-order chi connectivity index (χ1) is 5.99. The number of ketones is 2. The minimum absolute atomic E-state index is 0.0323. The molecule has 13 heavy (non-hydrogen) atoms. The summed E-state index contributed by atoms with van der Waals surface area (Å²) in [5.74, 6) is -1.63. The van der Waals surface area contributed by atoms with Crippen molar-refractivity contribution in [2.24, 2.45) is 5.92 Å². The Morgan fingerprint density at radius 1 is 1.23 bits per heavy atom. The van der Waals surface area contributed by atoms with Gasteiger partial charge in [0.25, 0.3) is 0 Å². The Morgan fingerprint density at radius 3 is 2.08 bits per heavy atom. The van der Waals surface area contributed by atoms with E-state index in [0.29, 0.717) is 0 Å². The number of carbonyl (C=O) groups excluding carboxylic acids is 3. The van der Waals surface area contributed by atoms with Crippen molar-refractivity contribution in [3.05, 3.63) is 0 Å². The molecule has 0 saturated heterocycles. The highest BCUT2D eigenvalue weighted by Gasteiger charge is 2.23. The molecule has 0 aromatic heterocycles.